The lowest BCUT2D eigenvalue weighted by molar-refractivity contribution is 0.0536. The van der Waals surface area contributed by atoms with Crippen LogP contribution in [0.15, 0.2) is 29.3 Å². The van der Waals surface area contributed by atoms with Crippen LogP contribution in [0.3, 0.4) is 0 Å². The Morgan fingerprint density at radius 1 is 1.13 bits per heavy atom. The molecule has 1 N–H and O–H groups in total. The average molecular weight is 431 g/mol. The number of guanidine groups is 1. The van der Waals surface area contributed by atoms with Gasteiger partial charge in [-0.3, -0.25) is 9.89 Å². The Hall–Kier alpha value is -1.63. The number of benzene rings is 1. The van der Waals surface area contributed by atoms with Crippen LogP contribution in [-0.4, -0.2) is 75.9 Å². The van der Waals surface area contributed by atoms with Gasteiger partial charge in [-0.25, -0.2) is 0 Å². The molecule has 1 saturated carbocycles. The maximum atomic E-state index is 5.74. The highest BCUT2D eigenvalue weighted by atomic mass is 16.5. The van der Waals surface area contributed by atoms with Gasteiger partial charge < -0.3 is 19.7 Å². The van der Waals surface area contributed by atoms with Crippen molar-refractivity contribution in [2.75, 3.05) is 54.1 Å². The third kappa shape index (κ3) is 7.48. The van der Waals surface area contributed by atoms with E-state index in [1.165, 1.54) is 43.2 Å². The van der Waals surface area contributed by atoms with Crippen LogP contribution in [0.1, 0.15) is 49.7 Å². The minimum atomic E-state index is 0.562. The second kappa shape index (κ2) is 13.0. The summed E-state index contributed by atoms with van der Waals surface area (Å²) in [5.74, 6) is 1.56. The minimum absolute atomic E-state index is 0.562. The molecule has 1 heterocycles. The number of hydrogen-bond acceptors (Lipinski definition) is 4. The Morgan fingerprint density at radius 3 is 2.65 bits per heavy atom. The summed E-state index contributed by atoms with van der Waals surface area (Å²) in [6.07, 6.45) is 7.99. The number of nitrogens with zero attached hydrogens (tertiary/aromatic N) is 3. The molecule has 0 aromatic heterocycles. The van der Waals surface area contributed by atoms with E-state index in [1.54, 1.807) is 7.11 Å². The molecule has 6 heteroatoms. The predicted molar refractivity (Wildman–Crippen MR) is 127 cm³/mol. The molecule has 1 aliphatic heterocycles. The molecule has 1 aromatic carbocycles. The van der Waals surface area contributed by atoms with E-state index in [2.05, 4.69) is 51.4 Å². The summed E-state index contributed by atoms with van der Waals surface area (Å²) < 4.78 is 10.8. The number of likely N-dealkylation sites (tertiary alicyclic amines) is 1. The summed E-state index contributed by atoms with van der Waals surface area (Å²) in [5.41, 5.74) is 2.79. The molecule has 1 atom stereocenters. The lowest BCUT2D eigenvalue weighted by Crippen LogP contribution is -2.40. The first-order valence-electron chi connectivity index (χ1n) is 12.0. The standard InChI is InChI=1S/C25H42N4O2/c1-26-25(29-14-13-21(18-29)20-31-16-15-30-3)27-17-22-9-7-8-10-23(22)19-28(2)24-11-5-4-6-12-24/h7-10,21,24H,4-6,11-20H2,1-3H3,(H,26,27). The topological polar surface area (TPSA) is 49.3 Å². The van der Waals surface area contributed by atoms with Gasteiger partial charge in [0.05, 0.1) is 19.8 Å². The molecule has 2 aliphatic rings. The van der Waals surface area contributed by atoms with E-state index in [1.807, 2.05) is 7.05 Å². The Balaban J connectivity index is 1.49. The Morgan fingerprint density at radius 2 is 1.90 bits per heavy atom. The van der Waals surface area contributed by atoms with Crippen molar-refractivity contribution >= 4 is 5.96 Å². The number of nitrogens with one attached hydrogen (secondary N) is 1. The summed E-state index contributed by atoms with van der Waals surface area (Å²) in [4.78, 5) is 9.47. The van der Waals surface area contributed by atoms with Crippen molar-refractivity contribution in [3.8, 4) is 0 Å². The number of ether oxygens (including phenoxy) is 2. The average Bonchev–Trinajstić information content (AvgIpc) is 3.27. The van der Waals surface area contributed by atoms with Crippen LogP contribution in [0.25, 0.3) is 0 Å². The smallest absolute Gasteiger partial charge is 0.193 e. The molecular weight excluding hydrogens is 388 g/mol. The second-order valence-corrected chi connectivity index (χ2v) is 9.04. The van der Waals surface area contributed by atoms with Gasteiger partial charge in [0, 0.05) is 52.3 Å². The van der Waals surface area contributed by atoms with Crippen molar-refractivity contribution in [2.24, 2.45) is 10.9 Å². The molecule has 1 aromatic rings. The monoisotopic (exact) mass is 430 g/mol. The molecule has 1 aliphatic carbocycles. The van der Waals surface area contributed by atoms with Crippen molar-refractivity contribution in [3.63, 3.8) is 0 Å². The van der Waals surface area contributed by atoms with E-state index in [0.717, 1.165) is 51.2 Å². The number of hydrogen-bond donors (Lipinski definition) is 1. The van der Waals surface area contributed by atoms with Crippen LogP contribution in [0.2, 0.25) is 0 Å². The largest absolute Gasteiger partial charge is 0.382 e. The molecule has 2 fully saturated rings. The van der Waals surface area contributed by atoms with Crippen LogP contribution in [0.5, 0.6) is 0 Å². The third-order valence-electron chi connectivity index (χ3n) is 6.76. The van der Waals surface area contributed by atoms with Crippen LogP contribution in [-0.2, 0) is 22.6 Å². The predicted octanol–water partition coefficient (Wildman–Crippen LogP) is 3.51. The third-order valence-corrected chi connectivity index (χ3v) is 6.76. The molecule has 0 radical (unpaired) electrons. The van der Waals surface area contributed by atoms with Crippen molar-refractivity contribution in [1.82, 2.24) is 15.1 Å². The van der Waals surface area contributed by atoms with Gasteiger partial charge in [0.2, 0.25) is 0 Å². The van der Waals surface area contributed by atoms with Gasteiger partial charge in [-0.1, -0.05) is 43.5 Å². The minimum Gasteiger partial charge on any atom is -0.382 e. The SMILES string of the molecule is CN=C(NCc1ccccc1CN(C)C1CCCCC1)N1CCC(COCCOC)C1. The molecule has 174 valence electrons. The van der Waals surface area contributed by atoms with E-state index in [-0.39, 0.29) is 0 Å². The van der Waals surface area contributed by atoms with Gasteiger partial charge in [-0.15, -0.1) is 0 Å². The van der Waals surface area contributed by atoms with E-state index in [0.29, 0.717) is 19.1 Å². The van der Waals surface area contributed by atoms with Gasteiger partial charge >= 0.3 is 0 Å². The molecule has 0 bridgehead atoms. The summed E-state index contributed by atoms with van der Waals surface area (Å²) in [6.45, 7) is 6.00. The van der Waals surface area contributed by atoms with Crippen molar-refractivity contribution in [2.45, 2.75) is 57.7 Å². The first-order valence-corrected chi connectivity index (χ1v) is 12.0. The Bertz CT molecular complexity index is 675. The van der Waals surface area contributed by atoms with Crippen LogP contribution in [0, 0.1) is 5.92 Å². The highest BCUT2D eigenvalue weighted by Gasteiger charge is 2.25. The zero-order chi connectivity index (χ0) is 21.9. The van der Waals surface area contributed by atoms with Gasteiger partial charge in [0.25, 0.3) is 0 Å². The zero-order valence-corrected chi connectivity index (χ0v) is 19.8. The molecular formula is C25H42N4O2. The van der Waals surface area contributed by atoms with Crippen molar-refractivity contribution in [3.05, 3.63) is 35.4 Å². The lowest BCUT2D eigenvalue weighted by atomic mass is 9.94. The van der Waals surface area contributed by atoms with Crippen molar-refractivity contribution < 1.29 is 9.47 Å². The molecule has 31 heavy (non-hydrogen) atoms. The summed E-state index contributed by atoms with van der Waals surface area (Å²) >= 11 is 0. The first-order chi connectivity index (χ1) is 15.2. The fourth-order valence-corrected chi connectivity index (χ4v) is 4.86. The molecule has 6 nitrogen and oxygen atoms in total. The highest BCUT2D eigenvalue weighted by molar-refractivity contribution is 5.80. The summed E-state index contributed by atoms with van der Waals surface area (Å²) in [6, 6.07) is 9.57. The zero-order valence-electron chi connectivity index (χ0n) is 19.8. The lowest BCUT2D eigenvalue weighted by Gasteiger charge is -2.31. The number of aliphatic imine (C=N–C) groups is 1. The Labute approximate surface area is 189 Å². The van der Waals surface area contributed by atoms with Crippen LogP contribution >= 0.6 is 0 Å². The van der Waals surface area contributed by atoms with E-state index in [9.17, 15) is 0 Å². The molecule has 0 spiro atoms. The maximum Gasteiger partial charge on any atom is 0.193 e. The molecule has 1 unspecified atom stereocenters. The maximum absolute atomic E-state index is 5.74. The number of methoxy groups -OCH3 is 1. The fraction of sp³-hybridized carbons (Fsp3) is 0.720. The van der Waals surface area contributed by atoms with Crippen molar-refractivity contribution in [1.29, 1.82) is 0 Å². The van der Waals surface area contributed by atoms with Gasteiger partial charge in [-0.2, -0.15) is 0 Å². The summed E-state index contributed by atoms with van der Waals surface area (Å²) in [5, 5.41) is 3.61. The summed E-state index contributed by atoms with van der Waals surface area (Å²) in [7, 11) is 5.88. The Kier molecular flexibility index (Phi) is 10.1. The first kappa shape index (κ1) is 24.0. The normalized spacial score (nSPS) is 20.6. The van der Waals surface area contributed by atoms with Gasteiger partial charge in [0.15, 0.2) is 5.96 Å². The van der Waals surface area contributed by atoms with E-state index >= 15 is 0 Å². The molecule has 1 saturated heterocycles. The van der Waals surface area contributed by atoms with E-state index < -0.39 is 0 Å². The quantitative estimate of drug-likeness (QED) is 0.350. The second-order valence-electron chi connectivity index (χ2n) is 9.04. The highest BCUT2D eigenvalue weighted by Crippen LogP contribution is 2.24. The van der Waals surface area contributed by atoms with Crippen LogP contribution < -0.4 is 5.32 Å². The fourth-order valence-electron chi connectivity index (χ4n) is 4.86. The van der Waals surface area contributed by atoms with Gasteiger partial charge in [0.1, 0.15) is 0 Å². The molecule has 3 rings (SSSR count). The van der Waals surface area contributed by atoms with Crippen LogP contribution in [0.4, 0.5) is 0 Å². The van der Waals surface area contributed by atoms with E-state index in [4.69, 9.17) is 9.47 Å². The molecule has 0 amide bonds. The number of rotatable bonds is 10. The van der Waals surface area contributed by atoms with Gasteiger partial charge in [-0.05, 0) is 37.4 Å².